The molecule has 0 bridgehead atoms. The average Bonchev–Trinajstić information content (AvgIpc) is 2.62. The summed E-state index contributed by atoms with van der Waals surface area (Å²) in [7, 11) is 1.51. The average molecular weight is 375 g/mol. The Balaban J connectivity index is 2.25. The van der Waals surface area contributed by atoms with E-state index in [-0.39, 0.29) is 11.8 Å². The van der Waals surface area contributed by atoms with Crippen molar-refractivity contribution in [3.8, 4) is 5.75 Å². The third kappa shape index (κ3) is 4.35. The highest BCUT2D eigenvalue weighted by molar-refractivity contribution is 6.32. The Bertz CT molecular complexity index is 821. The molecule has 0 aromatic heterocycles. The quantitative estimate of drug-likeness (QED) is 0.799. The van der Waals surface area contributed by atoms with E-state index in [4.69, 9.17) is 16.3 Å². The molecule has 0 radical (unpaired) electrons. The van der Waals surface area contributed by atoms with Crippen molar-refractivity contribution in [2.75, 3.05) is 13.7 Å². The molecule has 0 unspecified atom stereocenters. The number of halogens is 1. The van der Waals surface area contributed by atoms with Crippen molar-refractivity contribution in [2.45, 2.75) is 27.2 Å². The largest absolute Gasteiger partial charge is 0.495 e. The van der Waals surface area contributed by atoms with E-state index < -0.39 is 0 Å². The Morgan fingerprint density at radius 2 is 1.92 bits per heavy atom. The number of rotatable bonds is 5. The lowest BCUT2D eigenvalue weighted by molar-refractivity contribution is 0.0583. The van der Waals surface area contributed by atoms with E-state index in [0.717, 1.165) is 11.1 Å². The van der Waals surface area contributed by atoms with Crippen LogP contribution in [0, 0.1) is 13.8 Å². The summed E-state index contributed by atoms with van der Waals surface area (Å²) in [5.41, 5.74) is 5.56. The van der Waals surface area contributed by atoms with Crippen LogP contribution in [0.2, 0.25) is 5.02 Å². The first kappa shape index (κ1) is 19.8. The first-order chi connectivity index (χ1) is 12.4. The Morgan fingerprint density at radius 1 is 1.19 bits per heavy atom. The van der Waals surface area contributed by atoms with Gasteiger partial charge in [0.1, 0.15) is 5.75 Å². The van der Waals surface area contributed by atoms with Crippen LogP contribution in [-0.4, -0.2) is 30.5 Å². The maximum atomic E-state index is 12.8. The molecule has 0 saturated heterocycles. The first-order valence-electron chi connectivity index (χ1n) is 8.41. The maximum absolute atomic E-state index is 12.8. The number of carbonyl (C=O) groups excluding carboxylic acids is 2. The monoisotopic (exact) mass is 374 g/mol. The highest BCUT2D eigenvalue weighted by atomic mass is 35.5. The molecule has 2 aromatic carbocycles. The topological polar surface area (TPSA) is 58.6 Å². The second-order valence-electron chi connectivity index (χ2n) is 5.99. The number of nitrogens with zero attached hydrogens (tertiary/aromatic N) is 1. The van der Waals surface area contributed by atoms with E-state index >= 15 is 0 Å². The van der Waals surface area contributed by atoms with Gasteiger partial charge in [0.05, 0.1) is 12.1 Å². The van der Waals surface area contributed by atoms with E-state index in [9.17, 15) is 9.59 Å². The third-order valence-electron chi connectivity index (χ3n) is 4.18. The van der Waals surface area contributed by atoms with Crippen LogP contribution in [0.4, 0.5) is 0 Å². The van der Waals surface area contributed by atoms with E-state index in [1.807, 2.05) is 32.9 Å². The number of amides is 2. The Morgan fingerprint density at radius 3 is 2.54 bits per heavy atom. The molecule has 26 heavy (non-hydrogen) atoms. The zero-order chi connectivity index (χ0) is 19.3. The summed E-state index contributed by atoms with van der Waals surface area (Å²) >= 11 is 6.11. The lowest BCUT2D eigenvalue weighted by Gasteiger charge is -2.23. The molecule has 6 heteroatoms. The molecule has 0 saturated carbocycles. The minimum Gasteiger partial charge on any atom is -0.495 e. The van der Waals surface area contributed by atoms with Gasteiger partial charge in [-0.25, -0.2) is 5.01 Å². The standard InChI is InChI=1S/C20H23ClN2O3/c1-5-11-23(20(25)15-9-10-18(26-4)17(21)12-15)22-19(24)16-8-6-7-13(2)14(16)3/h6-10,12H,5,11H2,1-4H3,(H,22,24). The summed E-state index contributed by atoms with van der Waals surface area (Å²) in [4.78, 5) is 25.5. The smallest absolute Gasteiger partial charge is 0.272 e. The Hall–Kier alpha value is -2.53. The molecule has 0 fully saturated rings. The summed E-state index contributed by atoms with van der Waals surface area (Å²) < 4.78 is 5.11. The molecule has 0 aliphatic carbocycles. The molecule has 0 aliphatic heterocycles. The molecule has 2 aromatic rings. The minimum absolute atomic E-state index is 0.312. The van der Waals surface area contributed by atoms with Gasteiger partial charge in [-0.3, -0.25) is 15.0 Å². The van der Waals surface area contributed by atoms with Crippen molar-refractivity contribution >= 4 is 23.4 Å². The van der Waals surface area contributed by atoms with Crippen LogP contribution in [0.3, 0.4) is 0 Å². The highest BCUT2D eigenvalue weighted by Gasteiger charge is 2.20. The van der Waals surface area contributed by atoms with Crippen LogP contribution in [0.15, 0.2) is 36.4 Å². The summed E-state index contributed by atoms with van der Waals surface area (Å²) in [5, 5.41) is 1.66. The van der Waals surface area contributed by atoms with Crippen molar-refractivity contribution < 1.29 is 14.3 Å². The predicted molar refractivity (Wildman–Crippen MR) is 103 cm³/mol. The lowest BCUT2D eigenvalue weighted by Crippen LogP contribution is -2.46. The van der Waals surface area contributed by atoms with Crippen LogP contribution < -0.4 is 10.2 Å². The molecule has 2 amide bonds. The molecule has 0 atom stereocenters. The molecule has 0 aliphatic rings. The van der Waals surface area contributed by atoms with Crippen molar-refractivity contribution in [1.29, 1.82) is 0 Å². The van der Waals surface area contributed by atoms with Gasteiger partial charge in [-0.05, 0) is 55.7 Å². The number of benzene rings is 2. The highest BCUT2D eigenvalue weighted by Crippen LogP contribution is 2.25. The Labute approximate surface area is 158 Å². The fraction of sp³-hybridized carbons (Fsp3) is 0.300. The van der Waals surface area contributed by atoms with Gasteiger partial charge < -0.3 is 4.74 Å². The van der Waals surface area contributed by atoms with Crippen LogP contribution in [0.25, 0.3) is 0 Å². The summed E-state index contributed by atoms with van der Waals surface area (Å²) in [5.74, 6) is -0.146. The van der Waals surface area contributed by atoms with Gasteiger partial charge in [-0.2, -0.15) is 0 Å². The number of aryl methyl sites for hydroxylation is 1. The van der Waals surface area contributed by atoms with Crippen LogP contribution in [0.1, 0.15) is 45.2 Å². The molecule has 5 nitrogen and oxygen atoms in total. The molecular weight excluding hydrogens is 352 g/mol. The zero-order valence-corrected chi connectivity index (χ0v) is 16.2. The van der Waals surface area contributed by atoms with Crippen LogP contribution >= 0.6 is 11.6 Å². The number of ether oxygens (including phenoxy) is 1. The summed E-state index contributed by atoms with van der Waals surface area (Å²) in [6.07, 6.45) is 0.697. The van der Waals surface area contributed by atoms with Gasteiger partial charge >= 0.3 is 0 Å². The van der Waals surface area contributed by atoms with Crippen LogP contribution in [0.5, 0.6) is 5.75 Å². The van der Waals surface area contributed by atoms with Crippen molar-refractivity contribution in [3.63, 3.8) is 0 Å². The fourth-order valence-electron chi connectivity index (χ4n) is 2.57. The van der Waals surface area contributed by atoms with Crippen LogP contribution in [-0.2, 0) is 0 Å². The number of methoxy groups -OCH3 is 1. The SMILES string of the molecule is CCCN(NC(=O)c1cccc(C)c1C)C(=O)c1ccc(OC)c(Cl)c1. The van der Waals surface area contributed by atoms with Gasteiger partial charge in [0.25, 0.3) is 11.8 Å². The minimum atomic E-state index is -0.324. The maximum Gasteiger partial charge on any atom is 0.272 e. The molecular formula is C20H23ClN2O3. The molecule has 0 spiro atoms. The molecule has 2 rings (SSSR count). The normalized spacial score (nSPS) is 10.3. The van der Waals surface area contributed by atoms with Crippen molar-refractivity contribution in [3.05, 3.63) is 63.7 Å². The second-order valence-corrected chi connectivity index (χ2v) is 6.40. The number of hydrogen-bond donors (Lipinski definition) is 1. The zero-order valence-electron chi connectivity index (χ0n) is 15.4. The number of hydrogen-bond acceptors (Lipinski definition) is 3. The predicted octanol–water partition coefficient (Wildman–Crippen LogP) is 4.16. The van der Waals surface area contributed by atoms with Crippen molar-refractivity contribution in [1.82, 2.24) is 10.4 Å². The second kappa shape index (κ2) is 8.72. The molecule has 1 N–H and O–H groups in total. The summed E-state index contributed by atoms with van der Waals surface area (Å²) in [6.45, 7) is 6.16. The van der Waals surface area contributed by atoms with E-state index in [0.29, 0.717) is 34.9 Å². The van der Waals surface area contributed by atoms with Gasteiger partial charge in [-0.1, -0.05) is 30.7 Å². The van der Waals surface area contributed by atoms with Crippen molar-refractivity contribution in [2.24, 2.45) is 0 Å². The third-order valence-corrected chi connectivity index (χ3v) is 4.47. The van der Waals surface area contributed by atoms with Gasteiger partial charge in [0.2, 0.25) is 0 Å². The van der Waals surface area contributed by atoms with Gasteiger partial charge in [0.15, 0.2) is 0 Å². The molecule has 0 heterocycles. The first-order valence-corrected chi connectivity index (χ1v) is 8.79. The van der Waals surface area contributed by atoms with E-state index in [1.165, 1.54) is 18.2 Å². The van der Waals surface area contributed by atoms with Gasteiger partial charge in [0, 0.05) is 17.7 Å². The molecule has 138 valence electrons. The summed E-state index contributed by atoms with van der Waals surface area (Å²) in [6, 6.07) is 10.3. The number of carbonyl (C=O) groups is 2. The number of nitrogens with one attached hydrogen (secondary N) is 1. The number of hydrazine groups is 1. The Kier molecular flexibility index (Phi) is 6.64. The van der Waals surface area contributed by atoms with E-state index in [2.05, 4.69) is 5.43 Å². The lowest BCUT2D eigenvalue weighted by atomic mass is 10.0. The van der Waals surface area contributed by atoms with E-state index in [1.54, 1.807) is 18.2 Å². The van der Waals surface area contributed by atoms with Gasteiger partial charge in [-0.15, -0.1) is 0 Å². The fourth-order valence-corrected chi connectivity index (χ4v) is 2.82.